The van der Waals surface area contributed by atoms with Gasteiger partial charge in [0.1, 0.15) is 19.6 Å². The maximum absolute atomic E-state index is 11.8. The molecule has 3 unspecified atom stereocenters. The fraction of sp³-hybridized carbons (Fsp3) is 1.00. The third-order valence-electron chi connectivity index (χ3n) is 3.56. The number of alkyl halides is 1. The standard InChI is InChI=1S/C10H21BBrO6P/c1-4-10(3,18-19(15,16)5(2)13)8-7(14)6(12)9(11)17-8/h5-9,13-14H,4,11H2,1-3H3,(H,15,16)/t5?,6-,7+,8+,9-,10?/m1/s1. The monoisotopic (exact) mass is 358 g/mol. The molecule has 6 nitrogen and oxygen atoms in total. The fourth-order valence-electron chi connectivity index (χ4n) is 2.03. The second kappa shape index (κ2) is 6.14. The van der Waals surface area contributed by atoms with Gasteiger partial charge < -0.3 is 19.8 Å². The predicted molar refractivity (Wildman–Crippen MR) is 77.2 cm³/mol. The van der Waals surface area contributed by atoms with Gasteiger partial charge in [0, 0.05) is 6.00 Å². The summed E-state index contributed by atoms with van der Waals surface area (Å²) in [7, 11) is -2.37. The highest BCUT2D eigenvalue weighted by Crippen LogP contribution is 2.52. The van der Waals surface area contributed by atoms with E-state index in [1.54, 1.807) is 21.7 Å². The molecular weight excluding hydrogens is 338 g/mol. The third-order valence-corrected chi connectivity index (χ3v) is 6.47. The predicted octanol–water partition coefficient (Wildman–Crippen LogP) is 0.178. The maximum Gasteiger partial charge on any atom is 0.356 e. The lowest BCUT2D eigenvalue weighted by molar-refractivity contribution is -0.103. The Hall–Kier alpha value is 0.575. The van der Waals surface area contributed by atoms with Crippen molar-refractivity contribution in [3.8, 4) is 0 Å². The summed E-state index contributed by atoms with van der Waals surface area (Å²) in [6.45, 7) is 4.56. The Kier molecular flexibility index (Phi) is 5.69. The van der Waals surface area contributed by atoms with Crippen molar-refractivity contribution in [2.75, 3.05) is 0 Å². The van der Waals surface area contributed by atoms with Crippen LogP contribution in [0.25, 0.3) is 0 Å². The van der Waals surface area contributed by atoms with Crippen LogP contribution < -0.4 is 0 Å². The minimum absolute atomic E-state index is 0.237. The summed E-state index contributed by atoms with van der Waals surface area (Å²) in [4.78, 5) is 9.40. The minimum Gasteiger partial charge on any atom is -0.389 e. The topological polar surface area (TPSA) is 96.2 Å². The van der Waals surface area contributed by atoms with Crippen molar-refractivity contribution in [1.82, 2.24) is 0 Å². The van der Waals surface area contributed by atoms with E-state index in [9.17, 15) is 19.7 Å². The Bertz CT molecular complexity index is 370. The van der Waals surface area contributed by atoms with Crippen LogP contribution in [-0.4, -0.2) is 57.4 Å². The Morgan fingerprint density at radius 1 is 1.63 bits per heavy atom. The zero-order valence-corrected chi connectivity index (χ0v) is 14.0. The Labute approximate surface area is 122 Å². The van der Waals surface area contributed by atoms with Gasteiger partial charge in [0.2, 0.25) is 0 Å². The van der Waals surface area contributed by atoms with Crippen molar-refractivity contribution in [2.24, 2.45) is 0 Å². The zero-order valence-electron chi connectivity index (χ0n) is 11.5. The summed E-state index contributed by atoms with van der Waals surface area (Å²) in [5.74, 6) is -1.49. The zero-order chi connectivity index (χ0) is 15.0. The van der Waals surface area contributed by atoms with Crippen molar-refractivity contribution >= 4 is 31.4 Å². The first-order chi connectivity index (χ1) is 8.55. The van der Waals surface area contributed by atoms with Gasteiger partial charge in [0.25, 0.3) is 0 Å². The highest BCUT2D eigenvalue weighted by Gasteiger charge is 2.52. The molecule has 1 fully saturated rings. The van der Waals surface area contributed by atoms with E-state index in [1.807, 2.05) is 0 Å². The van der Waals surface area contributed by atoms with E-state index in [0.717, 1.165) is 0 Å². The van der Waals surface area contributed by atoms with Crippen molar-refractivity contribution in [3.63, 3.8) is 0 Å². The van der Waals surface area contributed by atoms with Crippen LogP contribution in [0.4, 0.5) is 0 Å². The molecule has 0 aromatic heterocycles. The fourth-order valence-corrected chi connectivity index (χ4v) is 3.41. The number of rotatable bonds is 5. The van der Waals surface area contributed by atoms with Crippen molar-refractivity contribution in [3.05, 3.63) is 0 Å². The molecule has 1 aliphatic rings. The summed E-state index contributed by atoms with van der Waals surface area (Å²) in [5.41, 5.74) is -1.16. The van der Waals surface area contributed by atoms with Gasteiger partial charge in [-0.3, -0.25) is 9.09 Å². The number of aliphatic hydroxyl groups excluding tert-OH is 2. The molecule has 0 bridgehead atoms. The molecule has 9 heteroatoms. The van der Waals surface area contributed by atoms with Crippen LogP contribution in [0.15, 0.2) is 0 Å². The number of hydrogen-bond donors (Lipinski definition) is 3. The van der Waals surface area contributed by atoms with Crippen LogP contribution in [0.3, 0.4) is 0 Å². The molecule has 0 saturated carbocycles. The van der Waals surface area contributed by atoms with Crippen molar-refractivity contribution in [1.29, 1.82) is 0 Å². The molecule has 1 heterocycles. The van der Waals surface area contributed by atoms with E-state index >= 15 is 0 Å². The van der Waals surface area contributed by atoms with E-state index < -0.39 is 31.2 Å². The first kappa shape index (κ1) is 17.6. The normalized spacial score (nSPS) is 39.5. The molecule has 0 radical (unpaired) electrons. The summed E-state index contributed by atoms with van der Waals surface area (Å²) < 4.78 is 22.7. The summed E-state index contributed by atoms with van der Waals surface area (Å²) in [5, 5.41) is 19.4. The van der Waals surface area contributed by atoms with Crippen LogP contribution in [-0.2, 0) is 13.8 Å². The number of ether oxygens (including phenoxy) is 1. The summed E-state index contributed by atoms with van der Waals surface area (Å²) >= 11 is 3.33. The smallest absolute Gasteiger partial charge is 0.356 e. The van der Waals surface area contributed by atoms with Gasteiger partial charge >= 0.3 is 7.60 Å². The van der Waals surface area contributed by atoms with Crippen LogP contribution in [0.5, 0.6) is 0 Å². The molecule has 112 valence electrons. The molecule has 0 aromatic carbocycles. The van der Waals surface area contributed by atoms with E-state index in [-0.39, 0.29) is 10.8 Å². The highest BCUT2D eigenvalue weighted by atomic mass is 79.9. The lowest BCUT2D eigenvalue weighted by Gasteiger charge is -2.37. The van der Waals surface area contributed by atoms with Gasteiger partial charge in [0.15, 0.2) is 5.85 Å². The van der Waals surface area contributed by atoms with Gasteiger partial charge in [-0.05, 0) is 20.3 Å². The third kappa shape index (κ3) is 3.61. The SMILES string of the molecule is B[C@@H]1O[C@H](C(C)(CC)OP(=O)(O)C(C)O)[C@@H](O)[C@H]1Br. The molecule has 19 heavy (non-hydrogen) atoms. The maximum atomic E-state index is 11.8. The van der Waals surface area contributed by atoms with Gasteiger partial charge in [-0.1, -0.05) is 22.9 Å². The van der Waals surface area contributed by atoms with Gasteiger partial charge in [-0.15, -0.1) is 0 Å². The largest absolute Gasteiger partial charge is 0.389 e. The van der Waals surface area contributed by atoms with E-state index in [1.165, 1.54) is 6.92 Å². The second-order valence-electron chi connectivity index (χ2n) is 5.15. The molecule has 1 rings (SSSR count). The number of halogens is 1. The molecule has 0 aliphatic carbocycles. The lowest BCUT2D eigenvalue weighted by Crippen LogP contribution is -2.48. The van der Waals surface area contributed by atoms with Gasteiger partial charge in [-0.2, -0.15) is 0 Å². The molecule has 1 aliphatic heterocycles. The number of hydrogen-bond acceptors (Lipinski definition) is 5. The average Bonchev–Trinajstić information content (AvgIpc) is 2.56. The van der Waals surface area contributed by atoms with Crippen molar-refractivity contribution < 1.29 is 28.9 Å². The Morgan fingerprint density at radius 2 is 2.16 bits per heavy atom. The lowest BCUT2D eigenvalue weighted by atomic mass is 9.90. The molecule has 0 spiro atoms. The molecule has 0 aromatic rings. The van der Waals surface area contributed by atoms with E-state index in [0.29, 0.717) is 6.42 Å². The van der Waals surface area contributed by atoms with Crippen LogP contribution >= 0.6 is 23.5 Å². The Morgan fingerprint density at radius 3 is 2.47 bits per heavy atom. The molecule has 3 N–H and O–H groups in total. The quantitative estimate of drug-likeness (QED) is 0.368. The summed E-state index contributed by atoms with van der Waals surface area (Å²) in [6, 6.07) is -0.237. The van der Waals surface area contributed by atoms with Gasteiger partial charge in [-0.25, -0.2) is 0 Å². The second-order valence-corrected chi connectivity index (χ2v) is 8.27. The van der Waals surface area contributed by atoms with Crippen molar-refractivity contribution in [2.45, 2.75) is 61.7 Å². The average molecular weight is 359 g/mol. The van der Waals surface area contributed by atoms with E-state index in [4.69, 9.17) is 9.26 Å². The molecule has 1 saturated heterocycles. The molecular formula is C10H21BBrO6P. The molecule has 0 amide bonds. The first-order valence-electron chi connectivity index (χ1n) is 6.24. The minimum atomic E-state index is -4.17. The number of aliphatic hydroxyl groups is 2. The van der Waals surface area contributed by atoms with E-state index in [2.05, 4.69) is 15.9 Å². The van der Waals surface area contributed by atoms with Crippen LogP contribution in [0, 0.1) is 0 Å². The molecule has 7 atom stereocenters. The Balaban J connectivity index is 2.96. The van der Waals surface area contributed by atoms with Crippen LogP contribution in [0.1, 0.15) is 27.2 Å². The summed E-state index contributed by atoms with van der Waals surface area (Å²) in [6.07, 6.45) is -1.23. The highest BCUT2D eigenvalue weighted by molar-refractivity contribution is 9.09. The van der Waals surface area contributed by atoms with Gasteiger partial charge in [0.05, 0.1) is 10.9 Å². The van der Waals surface area contributed by atoms with Crippen LogP contribution in [0.2, 0.25) is 0 Å². The first-order valence-corrected chi connectivity index (χ1v) is 8.80.